The molecule has 1 saturated carbocycles. The Bertz CT molecular complexity index is 723. The maximum Gasteiger partial charge on any atom is 0.509 e. The zero-order chi connectivity index (χ0) is 23.4. The highest BCUT2D eigenvalue weighted by molar-refractivity contribution is 5.60. The molecular formula is C23H35NO8. The molecule has 0 heterocycles. The predicted octanol–water partition coefficient (Wildman–Crippen LogP) is 5.16. The molecular weight excluding hydrogens is 418 g/mol. The van der Waals surface area contributed by atoms with Crippen LogP contribution in [0.5, 0.6) is 11.5 Å². The van der Waals surface area contributed by atoms with Gasteiger partial charge >= 0.3 is 12.3 Å². The van der Waals surface area contributed by atoms with Gasteiger partial charge in [-0.05, 0) is 30.5 Å². The molecule has 0 spiro atoms. The Hall–Kier alpha value is -2.68. The van der Waals surface area contributed by atoms with E-state index in [9.17, 15) is 9.59 Å². The van der Waals surface area contributed by atoms with Gasteiger partial charge in [0, 0.05) is 25.4 Å². The first kappa shape index (κ1) is 25.6. The fraction of sp³-hybridized carbons (Fsp3) is 0.652. The second-order valence-electron chi connectivity index (χ2n) is 8.07. The molecule has 32 heavy (non-hydrogen) atoms. The molecule has 1 aromatic carbocycles. The molecule has 1 aliphatic rings. The van der Waals surface area contributed by atoms with E-state index in [-0.39, 0.29) is 18.9 Å². The topological polar surface area (TPSA) is 124 Å². The quantitative estimate of drug-likeness (QED) is 0.199. The van der Waals surface area contributed by atoms with Gasteiger partial charge in [-0.25, -0.2) is 9.59 Å². The van der Waals surface area contributed by atoms with E-state index in [4.69, 9.17) is 29.2 Å². The summed E-state index contributed by atoms with van der Waals surface area (Å²) >= 11 is 0. The van der Waals surface area contributed by atoms with Gasteiger partial charge in [0.15, 0.2) is 11.5 Å². The summed E-state index contributed by atoms with van der Waals surface area (Å²) in [4.78, 5) is 21.9. The van der Waals surface area contributed by atoms with E-state index in [1.807, 2.05) is 18.2 Å². The monoisotopic (exact) mass is 453 g/mol. The van der Waals surface area contributed by atoms with E-state index >= 15 is 0 Å². The van der Waals surface area contributed by atoms with Crippen LogP contribution < -0.4 is 14.8 Å². The number of nitrogens with one attached hydrogen (secondary N) is 1. The number of carboxylic acid groups (broad SMARTS) is 2. The van der Waals surface area contributed by atoms with Gasteiger partial charge in [0.1, 0.15) is 0 Å². The van der Waals surface area contributed by atoms with E-state index in [1.165, 1.54) is 25.7 Å². The Kier molecular flexibility index (Phi) is 10.4. The van der Waals surface area contributed by atoms with Gasteiger partial charge in [-0.3, -0.25) is 0 Å². The third kappa shape index (κ3) is 8.45. The van der Waals surface area contributed by atoms with Crippen LogP contribution in [0.15, 0.2) is 18.2 Å². The van der Waals surface area contributed by atoms with Gasteiger partial charge in [-0.2, -0.15) is 0 Å². The number of benzene rings is 1. The lowest BCUT2D eigenvalue weighted by Gasteiger charge is -2.26. The molecule has 0 amide bonds. The summed E-state index contributed by atoms with van der Waals surface area (Å²) in [7, 11) is 1.60. The predicted molar refractivity (Wildman–Crippen MR) is 117 cm³/mol. The maximum atomic E-state index is 10.9. The number of methoxy groups -OCH3 is 1. The summed E-state index contributed by atoms with van der Waals surface area (Å²) in [5, 5.41) is 21.1. The van der Waals surface area contributed by atoms with Crippen LogP contribution in [0.25, 0.3) is 0 Å². The van der Waals surface area contributed by atoms with Crippen molar-refractivity contribution in [2.45, 2.75) is 83.1 Å². The van der Waals surface area contributed by atoms with Crippen molar-refractivity contribution < 1.29 is 38.7 Å². The van der Waals surface area contributed by atoms with Crippen LogP contribution in [0.1, 0.15) is 70.3 Å². The summed E-state index contributed by atoms with van der Waals surface area (Å²) in [6, 6.07) is 5.57. The van der Waals surface area contributed by atoms with Crippen molar-refractivity contribution in [3.8, 4) is 11.5 Å². The maximum absolute atomic E-state index is 10.9. The number of carbonyl (C=O) groups is 2. The Labute approximate surface area is 189 Å². The largest absolute Gasteiger partial charge is 0.509 e. The van der Waals surface area contributed by atoms with Gasteiger partial charge in [0.25, 0.3) is 5.79 Å². The summed E-state index contributed by atoms with van der Waals surface area (Å²) in [6.07, 6.45) is 4.87. The molecule has 180 valence electrons. The van der Waals surface area contributed by atoms with Crippen molar-refractivity contribution in [1.82, 2.24) is 5.32 Å². The lowest BCUT2D eigenvalue weighted by Crippen LogP contribution is -2.39. The number of unbranched alkanes of at least 4 members (excludes halogenated alkanes) is 5. The molecule has 0 aliphatic heterocycles. The molecule has 2 rings (SSSR count). The van der Waals surface area contributed by atoms with Crippen LogP contribution in [-0.4, -0.2) is 48.1 Å². The molecule has 9 heteroatoms. The SMILES string of the molecule is CCCCCCCCOc1ccc(CNC2CCC(OC(=O)O)(OC(=O)O)C2)cc1OC. The number of ether oxygens (including phenoxy) is 4. The van der Waals surface area contributed by atoms with E-state index in [1.54, 1.807) is 7.11 Å². The summed E-state index contributed by atoms with van der Waals surface area (Å²) in [5.74, 6) is -0.310. The molecule has 0 bridgehead atoms. The normalized spacial score (nSPS) is 17.0. The van der Waals surface area contributed by atoms with E-state index in [0.717, 1.165) is 18.4 Å². The van der Waals surface area contributed by atoms with Gasteiger partial charge in [0.05, 0.1) is 13.7 Å². The van der Waals surface area contributed by atoms with Crippen LogP contribution in [0.4, 0.5) is 9.59 Å². The molecule has 1 aromatic rings. The molecule has 1 unspecified atom stereocenters. The minimum atomic E-state index is -1.67. The van der Waals surface area contributed by atoms with Crippen molar-refractivity contribution in [3.05, 3.63) is 23.8 Å². The zero-order valence-electron chi connectivity index (χ0n) is 18.9. The second kappa shape index (κ2) is 13.0. The lowest BCUT2D eigenvalue weighted by molar-refractivity contribution is -0.177. The molecule has 1 aliphatic carbocycles. The van der Waals surface area contributed by atoms with Gasteiger partial charge in [-0.15, -0.1) is 0 Å². The van der Waals surface area contributed by atoms with E-state index in [2.05, 4.69) is 12.2 Å². The molecule has 1 fully saturated rings. The van der Waals surface area contributed by atoms with E-state index in [0.29, 0.717) is 31.1 Å². The fourth-order valence-electron chi connectivity index (χ4n) is 3.94. The van der Waals surface area contributed by atoms with Crippen molar-refractivity contribution in [2.75, 3.05) is 13.7 Å². The molecule has 9 nitrogen and oxygen atoms in total. The Balaban J connectivity index is 1.83. The standard InChI is InChI=1S/C23H35NO8/c1-3-4-5-6-7-8-13-30-19-10-9-17(14-20(19)29-2)16-24-18-11-12-23(15-18,31-21(25)26)32-22(27)28/h9-10,14,18,24H,3-8,11-13,15-16H2,1-2H3,(H,25,26)(H,27,28). The number of rotatable bonds is 14. The molecule has 0 aromatic heterocycles. The van der Waals surface area contributed by atoms with Gasteiger partial charge in [-0.1, -0.05) is 45.1 Å². The van der Waals surface area contributed by atoms with Crippen molar-refractivity contribution in [3.63, 3.8) is 0 Å². The fourth-order valence-corrected chi connectivity index (χ4v) is 3.94. The van der Waals surface area contributed by atoms with E-state index < -0.39 is 18.1 Å². The highest BCUT2D eigenvalue weighted by Gasteiger charge is 2.46. The Morgan fingerprint density at radius 3 is 2.41 bits per heavy atom. The van der Waals surface area contributed by atoms with Crippen LogP contribution in [0.2, 0.25) is 0 Å². The van der Waals surface area contributed by atoms with Gasteiger partial charge < -0.3 is 34.5 Å². The van der Waals surface area contributed by atoms with Crippen LogP contribution in [-0.2, 0) is 16.0 Å². The van der Waals surface area contributed by atoms with Crippen LogP contribution >= 0.6 is 0 Å². The minimum absolute atomic E-state index is 0.113. The third-order valence-corrected chi connectivity index (χ3v) is 5.56. The summed E-state index contributed by atoms with van der Waals surface area (Å²) in [6.45, 7) is 3.35. The summed E-state index contributed by atoms with van der Waals surface area (Å²) in [5.41, 5.74) is 0.963. The average molecular weight is 454 g/mol. The minimum Gasteiger partial charge on any atom is -0.493 e. The highest BCUT2D eigenvalue weighted by Crippen LogP contribution is 2.35. The Morgan fingerprint density at radius 2 is 1.75 bits per heavy atom. The lowest BCUT2D eigenvalue weighted by atomic mass is 10.1. The molecule has 0 radical (unpaired) electrons. The molecule has 3 N–H and O–H groups in total. The number of hydrogen-bond acceptors (Lipinski definition) is 7. The zero-order valence-corrected chi connectivity index (χ0v) is 18.9. The first-order valence-corrected chi connectivity index (χ1v) is 11.2. The average Bonchev–Trinajstić information content (AvgIpc) is 3.12. The smallest absolute Gasteiger partial charge is 0.493 e. The second-order valence-corrected chi connectivity index (χ2v) is 8.07. The molecule has 0 saturated heterocycles. The van der Waals surface area contributed by atoms with Gasteiger partial charge in [0.2, 0.25) is 0 Å². The first-order chi connectivity index (χ1) is 15.4. The van der Waals surface area contributed by atoms with Crippen LogP contribution in [0.3, 0.4) is 0 Å². The van der Waals surface area contributed by atoms with Crippen molar-refractivity contribution >= 4 is 12.3 Å². The molecule has 1 atom stereocenters. The van der Waals surface area contributed by atoms with Crippen molar-refractivity contribution in [1.29, 1.82) is 0 Å². The van der Waals surface area contributed by atoms with Crippen LogP contribution in [0, 0.1) is 0 Å². The third-order valence-electron chi connectivity index (χ3n) is 5.56. The summed E-state index contributed by atoms with van der Waals surface area (Å²) < 4.78 is 20.9. The number of hydrogen-bond donors (Lipinski definition) is 3. The van der Waals surface area contributed by atoms with Crippen molar-refractivity contribution in [2.24, 2.45) is 0 Å². The first-order valence-electron chi connectivity index (χ1n) is 11.2. The Morgan fingerprint density at radius 1 is 1.06 bits per heavy atom. The highest BCUT2D eigenvalue weighted by atomic mass is 16.8.